The Morgan fingerprint density at radius 3 is 2.32 bits per heavy atom. The molecule has 1 aliphatic rings. The van der Waals surface area contributed by atoms with Gasteiger partial charge in [0.25, 0.3) is 0 Å². The van der Waals surface area contributed by atoms with Gasteiger partial charge in [-0.05, 0) is 43.9 Å². The topological polar surface area (TPSA) is 28.7 Å². The number of rotatable bonds is 2. The summed E-state index contributed by atoms with van der Waals surface area (Å²) < 4.78 is 0.797. The zero-order chi connectivity index (χ0) is 14.2. The van der Waals surface area contributed by atoms with Crippen LogP contribution in [0.3, 0.4) is 0 Å². The number of hydrogen-bond donors (Lipinski definition) is 1. The van der Waals surface area contributed by atoms with Crippen molar-refractivity contribution >= 4 is 12.2 Å². The Kier molecular flexibility index (Phi) is 4.14. The molecular formula is C16H26N2S. The fourth-order valence-electron chi connectivity index (χ4n) is 3.16. The second-order valence-corrected chi connectivity index (χ2v) is 7.45. The van der Waals surface area contributed by atoms with Crippen molar-refractivity contribution in [2.75, 3.05) is 0 Å². The van der Waals surface area contributed by atoms with Crippen molar-refractivity contribution in [3.8, 4) is 0 Å². The second kappa shape index (κ2) is 5.35. The molecule has 0 aromatic carbocycles. The summed E-state index contributed by atoms with van der Waals surface area (Å²) in [7, 11) is 0. The van der Waals surface area contributed by atoms with E-state index in [1.807, 2.05) is 0 Å². The first-order valence-electron chi connectivity index (χ1n) is 7.41. The van der Waals surface area contributed by atoms with Crippen LogP contribution in [0.4, 0.5) is 0 Å². The maximum Gasteiger partial charge on any atom is 0.133 e. The number of hydrogen-bond acceptors (Lipinski definition) is 2. The molecule has 0 spiro atoms. The molecule has 1 aromatic rings. The summed E-state index contributed by atoms with van der Waals surface area (Å²) in [5, 5.41) is 0. The van der Waals surface area contributed by atoms with E-state index in [0.717, 1.165) is 10.5 Å². The van der Waals surface area contributed by atoms with E-state index in [9.17, 15) is 0 Å². The minimum Gasteiger partial charge on any atom is -0.347 e. The lowest BCUT2D eigenvalue weighted by Gasteiger charge is -2.34. The van der Waals surface area contributed by atoms with E-state index in [1.54, 1.807) is 0 Å². The third-order valence-corrected chi connectivity index (χ3v) is 4.79. The van der Waals surface area contributed by atoms with Crippen molar-refractivity contribution in [3.05, 3.63) is 21.7 Å². The predicted molar refractivity (Wildman–Crippen MR) is 83.2 cm³/mol. The minimum atomic E-state index is 0.440. The van der Waals surface area contributed by atoms with Crippen molar-refractivity contribution in [3.63, 3.8) is 0 Å². The molecule has 0 aliphatic heterocycles. The highest BCUT2D eigenvalue weighted by Gasteiger charge is 2.29. The van der Waals surface area contributed by atoms with E-state index in [0.29, 0.717) is 17.3 Å². The summed E-state index contributed by atoms with van der Waals surface area (Å²) in [6.07, 6.45) is 5.02. The van der Waals surface area contributed by atoms with E-state index >= 15 is 0 Å². The number of aromatic nitrogens is 2. The molecule has 1 N–H and O–H groups in total. The fourth-order valence-corrected chi connectivity index (χ4v) is 3.65. The van der Waals surface area contributed by atoms with Crippen LogP contribution in [0.25, 0.3) is 0 Å². The molecule has 2 nitrogen and oxygen atoms in total. The molecule has 0 saturated heterocycles. The molecule has 1 heterocycles. The first-order chi connectivity index (χ1) is 8.80. The van der Waals surface area contributed by atoms with Crippen LogP contribution in [0.2, 0.25) is 0 Å². The Bertz CT molecular complexity index is 504. The first-order valence-corrected chi connectivity index (χ1v) is 7.82. The van der Waals surface area contributed by atoms with E-state index in [2.05, 4.69) is 44.6 Å². The zero-order valence-corrected chi connectivity index (χ0v) is 13.7. The number of aromatic amines is 1. The molecule has 1 aliphatic carbocycles. The van der Waals surface area contributed by atoms with Gasteiger partial charge in [-0.25, -0.2) is 4.98 Å². The van der Waals surface area contributed by atoms with Crippen molar-refractivity contribution < 1.29 is 0 Å². The summed E-state index contributed by atoms with van der Waals surface area (Å²) >= 11 is 5.49. The van der Waals surface area contributed by atoms with Crippen LogP contribution in [-0.4, -0.2) is 9.97 Å². The van der Waals surface area contributed by atoms with Gasteiger partial charge < -0.3 is 4.98 Å². The molecule has 106 valence electrons. The van der Waals surface area contributed by atoms with Crippen molar-refractivity contribution in [1.29, 1.82) is 0 Å². The smallest absolute Gasteiger partial charge is 0.133 e. The highest BCUT2D eigenvalue weighted by Crippen LogP contribution is 2.41. The summed E-state index contributed by atoms with van der Waals surface area (Å²) in [6, 6.07) is 0. The number of nitrogens with zero attached hydrogens (tertiary/aromatic N) is 1. The van der Waals surface area contributed by atoms with E-state index < -0.39 is 0 Å². The predicted octanol–water partition coefficient (Wildman–Crippen LogP) is 5.25. The SMILES string of the molecule is Cc1[nH]c(C2CCC(C)(C)CC2)nc(=S)c1C(C)C. The molecule has 2 rings (SSSR count). The summed E-state index contributed by atoms with van der Waals surface area (Å²) in [5.74, 6) is 2.12. The normalized spacial score (nSPS) is 19.9. The summed E-state index contributed by atoms with van der Waals surface area (Å²) in [5.41, 5.74) is 2.91. The van der Waals surface area contributed by atoms with Gasteiger partial charge in [0.05, 0.1) is 0 Å². The Morgan fingerprint density at radius 2 is 1.84 bits per heavy atom. The van der Waals surface area contributed by atoms with Crippen LogP contribution in [0, 0.1) is 17.0 Å². The Hall–Kier alpha value is -0.700. The third kappa shape index (κ3) is 3.25. The van der Waals surface area contributed by atoms with Gasteiger partial charge in [-0.2, -0.15) is 0 Å². The monoisotopic (exact) mass is 278 g/mol. The lowest BCUT2D eigenvalue weighted by molar-refractivity contribution is 0.220. The van der Waals surface area contributed by atoms with Crippen LogP contribution in [0.5, 0.6) is 0 Å². The lowest BCUT2D eigenvalue weighted by atomic mass is 9.73. The van der Waals surface area contributed by atoms with Gasteiger partial charge in [0.2, 0.25) is 0 Å². The van der Waals surface area contributed by atoms with Crippen LogP contribution < -0.4 is 0 Å². The molecule has 1 fully saturated rings. The van der Waals surface area contributed by atoms with Crippen molar-refractivity contribution in [1.82, 2.24) is 9.97 Å². The van der Waals surface area contributed by atoms with Gasteiger partial charge in [-0.1, -0.05) is 39.9 Å². The largest absolute Gasteiger partial charge is 0.347 e. The number of nitrogens with one attached hydrogen (secondary N) is 1. The molecule has 0 amide bonds. The van der Waals surface area contributed by atoms with Gasteiger partial charge in [0.1, 0.15) is 10.5 Å². The Balaban J connectivity index is 2.26. The van der Waals surface area contributed by atoms with Crippen molar-refractivity contribution in [2.24, 2.45) is 5.41 Å². The molecule has 0 radical (unpaired) electrons. The average Bonchev–Trinajstić information content (AvgIpc) is 2.27. The quantitative estimate of drug-likeness (QED) is 0.748. The fraction of sp³-hybridized carbons (Fsp3) is 0.750. The van der Waals surface area contributed by atoms with Gasteiger partial charge in [0, 0.05) is 17.2 Å². The van der Waals surface area contributed by atoms with Crippen LogP contribution in [-0.2, 0) is 0 Å². The Morgan fingerprint density at radius 1 is 1.26 bits per heavy atom. The number of H-pyrrole nitrogens is 1. The van der Waals surface area contributed by atoms with E-state index in [4.69, 9.17) is 12.2 Å². The van der Waals surface area contributed by atoms with Crippen molar-refractivity contribution in [2.45, 2.75) is 72.1 Å². The Labute approximate surface area is 122 Å². The van der Waals surface area contributed by atoms with Gasteiger partial charge in [0.15, 0.2) is 0 Å². The molecular weight excluding hydrogens is 252 g/mol. The second-order valence-electron chi connectivity index (χ2n) is 7.06. The maximum absolute atomic E-state index is 5.49. The molecule has 0 bridgehead atoms. The van der Waals surface area contributed by atoms with Crippen LogP contribution in [0.1, 0.15) is 82.3 Å². The van der Waals surface area contributed by atoms with E-state index in [-0.39, 0.29) is 0 Å². The molecule has 19 heavy (non-hydrogen) atoms. The van der Waals surface area contributed by atoms with Gasteiger partial charge >= 0.3 is 0 Å². The number of aryl methyl sites for hydroxylation is 1. The molecule has 1 aromatic heterocycles. The molecule has 3 heteroatoms. The summed E-state index contributed by atoms with van der Waals surface area (Å²) in [6.45, 7) is 11.2. The van der Waals surface area contributed by atoms with Crippen LogP contribution in [0.15, 0.2) is 0 Å². The first kappa shape index (κ1) is 14.7. The summed E-state index contributed by atoms with van der Waals surface area (Å²) in [4.78, 5) is 8.20. The minimum absolute atomic E-state index is 0.440. The zero-order valence-electron chi connectivity index (χ0n) is 12.8. The standard InChI is InChI=1S/C16H26N2S/c1-10(2)13-11(3)17-14(18-15(13)19)12-6-8-16(4,5)9-7-12/h10,12H,6-9H2,1-5H3,(H,17,18,19). The highest BCUT2D eigenvalue weighted by atomic mass is 32.1. The molecule has 0 unspecified atom stereocenters. The molecule has 1 saturated carbocycles. The third-order valence-electron chi connectivity index (χ3n) is 4.48. The van der Waals surface area contributed by atoms with E-state index in [1.165, 1.54) is 36.9 Å². The lowest BCUT2D eigenvalue weighted by Crippen LogP contribution is -2.21. The molecule has 0 atom stereocenters. The highest BCUT2D eigenvalue weighted by molar-refractivity contribution is 7.71. The maximum atomic E-state index is 5.49. The average molecular weight is 278 g/mol. The van der Waals surface area contributed by atoms with Gasteiger partial charge in [-0.15, -0.1) is 0 Å². The van der Waals surface area contributed by atoms with Crippen LogP contribution >= 0.6 is 12.2 Å². The van der Waals surface area contributed by atoms with Gasteiger partial charge in [-0.3, -0.25) is 0 Å².